The van der Waals surface area contributed by atoms with Crippen molar-refractivity contribution in [1.82, 2.24) is 4.90 Å². The van der Waals surface area contributed by atoms with Crippen molar-refractivity contribution >= 4 is 15.9 Å². The summed E-state index contributed by atoms with van der Waals surface area (Å²) in [7, 11) is 1.48. The molecule has 0 radical (unpaired) electrons. The molecule has 0 aromatic rings. The molecule has 0 rings (SSSR count). The van der Waals surface area contributed by atoms with E-state index in [1.807, 2.05) is 13.8 Å². The van der Waals surface area contributed by atoms with Gasteiger partial charge in [0.05, 0.1) is 6.54 Å². The van der Waals surface area contributed by atoms with Gasteiger partial charge in [-0.05, 0) is 12.5 Å². The standard InChI is InChI=1S/C8H15BrF3N/c1-7(2,4-9)5-13(3)6-8(10,11)12/h4-6H2,1-3H3. The molecule has 80 valence electrons. The van der Waals surface area contributed by atoms with Crippen molar-refractivity contribution in [3.8, 4) is 0 Å². The summed E-state index contributed by atoms with van der Waals surface area (Å²) in [5.41, 5.74) is -0.125. The zero-order valence-electron chi connectivity index (χ0n) is 8.08. The molecule has 0 amide bonds. The van der Waals surface area contributed by atoms with E-state index in [9.17, 15) is 13.2 Å². The molecule has 0 unspecified atom stereocenters. The Bertz CT molecular complexity index is 156. The Morgan fingerprint density at radius 3 is 1.92 bits per heavy atom. The van der Waals surface area contributed by atoms with Gasteiger partial charge in [0.15, 0.2) is 0 Å². The summed E-state index contributed by atoms with van der Waals surface area (Å²) in [5, 5.41) is 0.697. The predicted molar refractivity (Wildman–Crippen MR) is 51.1 cm³/mol. The maximum absolute atomic E-state index is 11.9. The molecule has 0 aliphatic rings. The van der Waals surface area contributed by atoms with Crippen LogP contribution >= 0.6 is 15.9 Å². The van der Waals surface area contributed by atoms with Crippen molar-refractivity contribution in [3.63, 3.8) is 0 Å². The maximum Gasteiger partial charge on any atom is 0.401 e. The van der Waals surface area contributed by atoms with Gasteiger partial charge in [-0.2, -0.15) is 13.2 Å². The first-order chi connectivity index (χ1) is 5.66. The van der Waals surface area contributed by atoms with Crippen LogP contribution in [0.5, 0.6) is 0 Å². The van der Waals surface area contributed by atoms with E-state index >= 15 is 0 Å². The minimum Gasteiger partial charge on any atom is -0.298 e. The van der Waals surface area contributed by atoms with Gasteiger partial charge in [-0.1, -0.05) is 29.8 Å². The van der Waals surface area contributed by atoms with E-state index < -0.39 is 12.7 Å². The van der Waals surface area contributed by atoms with Gasteiger partial charge in [0.25, 0.3) is 0 Å². The molecule has 0 aliphatic heterocycles. The van der Waals surface area contributed by atoms with Gasteiger partial charge in [0, 0.05) is 11.9 Å². The second-order valence-corrected chi connectivity index (χ2v) is 4.65. The zero-order valence-corrected chi connectivity index (χ0v) is 9.67. The molecule has 5 heteroatoms. The summed E-state index contributed by atoms with van der Waals surface area (Å²) in [6.45, 7) is 3.43. The Morgan fingerprint density at radius 1 is 1.15 bits per heavy atom. The summed E-state index contributed by atoms with van der Waals surface area (Å²) in [6.07, 6.45) is -4.10. The fourth-order valence-electron chi connectivity index (χ4n) is 1.13. The fourth-order valence-corrected chi connectivity index (χ4v) is 1.31. The Labute approximate surface area is 85.4 Å². The van der Waals surface area contributed by atoms with E-state index in [0.717, 1.165) is 0 Å². The SMILES string of the molecule is CN(CC(F)(F)F)CC(C)(C)CBr. The number of nitrogens with zero attached hydrogens (tertiary/aromatic N) is 1. The van der Waals surface area contributed by atoms with Crippen LogP contribution in [0.2, 0.25) is 0 Å². The third-order valence-electron chi connectivity index (χ3n) is 1.51. The molecule has 0 fully saturated rings. The molecule has 0 saturated heterocycles. The van der Waals surface area contributed by atoms with Crippen molar-refractivity contribution in [1.29, 1.82) is 0 Å². The lowest BCUT2D eigenvalue weighted by Gasteiger charge is -2.28. The van der Waals surface area contributed by atoms with Crippen molar-refractivity contribution in [2.45, 2.75) is 20.0 Å². The highest BCUT2D eigenvalue weighted by atomic mass is 79.9. The molecule has 0 heterocycles. The van der Waals surface area contributed by atoms with Crippen LogP contribution in [0.3, 0.4) is 0 Å². The van der Waals surface area contributed by atoms with Crippen LogP contribution in [-0.4, -0.2) is 36.5 Å². The van der Waals surface area contributed by atoms with Crippen LogP contribution in [0.1, 0.15) is 13.8 Å². The topological polar surface area (TPSA) is 3.24 Å². The van der Waals surface area contributed by atoms with Crippen molar-refractivity contribution < 1.29 is 13.2 Å². The third-order valence-corrected chi connectivity index (χ3v) is 3.03. The van der Waals surface area contributed by atoms with E-state index in [2.05, 4.69) is 15.9 Å². The van der Waals surface area contributed by atoms with E-state index in [1.165, 1.54) is 11.9 Å². The molecule has 0 aromatic heterocycles. The zero-order chi connectivity index (χ0) is 10.7. The van der Waals surface area contributed by atoms with Crippen LogP contribution in [0.4, 0.5) is 13.2 Å². The Balaban J connectivity index is 3.94. The van der Waals surface area contributed by atoms with Gasteiger partial charge in [0.2, 0.25) is 0 Å². The predicted octanol–water partition coefficient (Wildman–Crippen LogP) is 2.90. The number of halogens is 4. The van der Waals surface area contributed by atoms with E-state index in [4.69, 9.17) is 0 Å². The molecule has 1 nitrogen and oxygen atoms in total. The highest BCUT2D eigenvalue weighted by Gasteiger charge is 2.31. The summed E-state index contributed by atoms with van der Waals surface area (Å²) in [4.78, 5) is 1.29. The average Bonchev–Trinajstić information content (AvgIpc) is 1.81. The molecule has 0 spiro atoms. The first-order valence-electron chi connectivity index (χ1n) is 3.97. The van der Waals surface area contributed by atoms with Crippen LogP contribution in [-0.2, 0) is 0 Å². The van der Waals surface area contributed by atoms with Crippen LogP contribution in [0, 0.1) is 5.41 Å². The smallest absolute Gasteiger partial charge is 0.298 e. The molecule has 0 aliphatic carbocycles. The van der Waals surface area contributed by atoms with E-state index in [0.29, 0.717) is 11.9 Å². The average molecular weight is 262 g/mol. The quantitative estimate of drug-likeness (QED) is 0.704. The van der Waals surface area contributed by atoms with Crippen molar-refractivity contribution in [2.75, 3.05) is 25.5 Å². The van der Waals surface area contributed by atoms with Crippen molar-refractivity contribution in [2.24, 2.45) is 5.41 Å². The normalized spacial score (nSPS) is 13.8. The highest BCUT2D eigenvalue weighted by molar-refractivity contribution is 9.09. The van der Waals surface area contributed by atoms with Gasteiger partial charge in [-0.3, -0.25) is 4.90 Å². The lowest BCUT2D eigenvalue weighted by atomic mass is 9.96. The minimum atomic E-state index is -4.10. The van der Waals surface area contributed by atoms with Gasteiger partial charge >= 0.3 is 6.18 Å². The number of rotatable bonds is 4. The molecule has 0 N–H and O–H groups in total. The molecule has 0 atom stereocenters. The first-order valence-corrected chi connectivity index (χ1v) is 5.10. The Kier molecular flexibility index (Phi) is 4.72. The molecule has 13 heavy (non-hydrogen) atoms. The minimum absolute atomic E-state index is 0.125. The first kappa shape index (κ1) is 13.2. The number of alkyl halides is 4. The van der Waals surface area contributed by atoms with Crippen molar-refractivity contribution in [3.05, 3.63) is 0 Å². The second kappa shape index (κ2) is 4.64. The number of hydrogen-bond donors (Lipinski definition) is 0. The van der Waals surface area contributed by atoms with Gasteiger partial charge in [0.1, 0.15) is 0 Å². The monoisotopic (exact) mass is 261 g/mol. The van der Waals surface area contributed by atoms with E-state index in [1.54, 1.807) is 0 Å². The lowest BCUT2D eigenvalue weighted by Crippen LogP contribution is -2.38. The molecule has 0 saturated carbocycles. The third kappa shape index (κ3) is 7.31. The maximum atomic E-state index is 11.9. The highest BCUT2D eigenvalue weighted by Crippen LogP contribution is 2.22. The second-order valence-electron chi connectivity index (χ2n) is 4.09. The van der Waals surface area contributed by atoms with Gasteiger partial charge in [-0.15, -0.1) is 0 Å². The molecule has 0 bridgehead atoms. The molecule has 0 aromatic carbocycles. The van der Waals surface area contributed by atoms with Crippen LogP contribution in [0.25, 0.3) is 0 Å². The molecular weight excluding hydrogens is 247 g/mol. The largest absolute Gasteiger partial charge is 0.401 e. The number of hydrogen-bond acceptors (Lipinski definition) is 1. The van der Waals surface area contributed by atoms with Gasteiger partial charge < -0.3 is 0 Å². The summed E-state index contributed by atoms with van der Waals surface area (Å²) in [5.74, 6) is 0. The van der Waals surface area contributed by atoms with Crippen LogP contribution in [0.15, 0.2) is 0 Å². The molecular formula is C8H15BrF3N. The Morgan fingerprint density at radius 2 is 1.62 bits per heavy atom. The lowest BCUT2D eigenvalue weighted by molar-refractivity contribution is -0.144. The summed E-state index contributed by atoms with van der Waals surface area (Å²) in [6, 6.07) is 0. The van der Waals surface area contributed by atoms with Crippen LogP contribution < -0.4 is 0 Å². The Hall–Kier alpha value is 0.230. The summed E-state index contributed by atoms with van der Waals surface area (Å²) < 4.78 is 35.8. The van der Waals surface area contributed by atoms with Gasteiger partial charge in [-0.25, -0.2) is 0 Å². The summed E-state index contributed by atoms with van der Waals surface area (Å²) >= 11 is 3.27. The van der Waals surface area contributed by atoms with E-state index in [-0.39, 0.29) is 5.41 Å². The fraction of sp³-hybridized carbons (Fsp3) is 1.00.